The third-order valence-electron chi connectivity index (χ3n) is 11.5. The number of amides is 1. The lowest BCUT2D eigenvalue weighted by atomic mass is 9.80. The zero-order chi connectivity index (χ0) is 44.9. The summed E-state index contributed by atoms with van der Waals surface area (Å²) < 4.78 is 36.8. The minimum atomic E-state index is -1.09. The van der Waals surface area contributed by atoms with Crippen LogP contribution in [0.25, 0.3) is 0 Å². The van der Waals surface area contributed by atoms with Crippen molar-refractivity contribution in [3.63, 3.8) is 0 Å². The molecule has 4 aromatic carbocycles. The van der Waals surface area contributed by atoms with E-state index in [9.17, 15) is 9.59 Å². The van der Waals surface area contributed by atoms with Crippen LogP contribution in [0.4, 0.5) is 5.82 Å². The number of unbranched alkanes of at least 4 members (excludes halogenated alkanes) is 2. The fourth-order valence-corrected chi connectivity index (χ4v) is 10.8. The van der Waals surface area contributed by atoms with Gasteiger partial charge in [0.1, 0.15) is 43.5 Å². The van der Waals surface area contributed by atoms with Crippen molar-refractivity contribution in [1.29, 1.82) is 0 Å². The molecule has 1 aromatic heterocycles. The summed E-state index contributed by atoms with van der Waals surface area (Å²) in [6.07, 6.45) is 5.48. The molecule has 0 aliphatic carbocycles. The first-order chi connectivity index (χ1) is 30.4. The first-order valence-corrected chi connectivity index (χ1v) is 23.6. The number of methoxy groups -OCH3 is 2. The van der Waals surface area contributed by atoms with Gasteiger partial charge < -0.3 is 28.8 Å². The number of hydrogen-bond acceptors (Lipinski definition) is 9. The molecule has 1 saturated heterocycles. The number of aryl methyl sites for hydroxylation is 1. The Bertz CT molecular complexity index is 2160. The van der Waals surface area contributed by atoms with Crippen LogP contribution in [0.5, 0.6) is 11.5 Å². The van der Waals surface area contributed by atoms with Gasteiger partial charge in [0.05, 0.1) is 26.9 Å². The number of nitrogens with one attached hydrogen (secondary N) is 1. The third kappa shape index (κ3) is 12.0. The van der Waals surface area contributed by atoms with Crippen molar-refractivity contribution in [2.75, 3.05) is 32.3 Å². The molecule has 1 aliphatic rings. The fourth-order valence-electron chi connectivity index (χ4n) is 8.27. The van der Waals surface area contributed by atoms with E-state index >= 15 is 0 Å². The van der Waals surface area contributed by atoms with Gasteiger partial charge in [-0.1, -0.05) is 105 Å². The Hall–Kier alpha value is -4.90. The summed E-state index contributed by atoms with van der Waals surface area (Å²) in [4.78, 5) is 30.4. The van der Waals surface area contributed by atoms with Gasteiger partial charge in [0.2, 0.25) is 5.91 Å². The van der Waals surface area contributed by atoms with Crippen LogP contribution in [0.1, 0.15) is 95.7 Å². The predicted molar refractivity (Wildman–Crippen MR) is 252 cm³/mol. The molecule has 1 unspecified atom stereocenters. The lowest BCUT2D eigenvalue weighted by molar-refractivity contribution is -0.118. The number of anilines is 1. The van der Waals surface area contributed by atoms with Gasteiger partial charge in [-0.2, -0.15) is 4.98 Å². The van der Waals surface area contributed by atoms with Gasteiger partial charge in [-0.3, -0.25) is 14.0 Å². The maximum Gasteiger partial charge on any atom is 0.351 e. The largest absolute Gasteiger partial charge is 0.497 e. The molecule has 0 saturated carbocycles. The number of benzene rings is 4. The molecule has 0 spiro atoms. The average Bonchev–Trinajstić information content (AvgIpc) is 3.68. The van der Waals surface area contributed by atoms with Crippen LogP contribution < -0.4 is 20.5 Å². The van der Waals surface area contributed by atoms with Crippen LogP contribution in [0, 0.1) is 5.92 Å². The van der Waals surface area contributed by atoms with Crippen molar-refractivity contribution in [3.05, 3.63) is 154 Å². The predicted octanol–water partition coefficient (Wildman–Crippen LogP) is 10.4. The van der Waals surface area contributed by atoms with Gasteiger partial charge in [-0.05, 0) is 99.5 Å². The zero-order valence-corrected chi connectivity index (χ0v) is 39.0. The van der Waals surface area contributed by atoms with Crippen LogP contribution in [-0.4, -0.2) is 71.4 Å². The molecule has 6 rings (SSSR count). The summed E-state index contributed by atoms with van der Waals surface area (Å²) in [5, 5.41) is 2.75. The Balaban J connectivity index is 1.36. The molecule has 0 radical (unpaired) electrons. The highest BCUT2D eigenvalue weighted by molar-refractivity contribution is 7.50. The van der Waals surface area contributed by atoms with Crippen molar-refractivity contribution in [3.8, 4) is 11.5 Å². The van der Waals surface area contributed by atoms with Crippen LogP contribution in [0.3, 0.4) is 0 Å². The monoisotopic (exact) mass is 876 g/mol. The van der Waals surface area contributed by atoms with E-state index < -0.39 is 38.0 Å². The van der Waals surface area contributed by atoms with Crippen LogP contribution >= 0.6 is 8.30 Å². The highest BCUT2D eigenvalue weighted by atomic mass is 31.2. The van der Waals surface area contributed by atoms with Crippen LogP contribution in [0.15, 0.2) is 126 Å². The van der Waals surface area contributed by atoms with Gasteiger partial charge in [-0.15, -0.1) is 0 Å². The Labute approximate surface area is 375 Å². The van der Waals surface area contributed by atoms with Crippen LogP contribution in [0.2, 0.25) is 0 Å². The molecule has 5 aromatic rings. The highest BCUT2D eigenvalue weighted by Crippen LogP contribution is 2.50. The van der Waals surface area contributed by atoms with Gasteiger partial charge in [0.25, 0.3) is 0 Å². The number of rotatable bonds is 22. The topological polar surface area (TPSA) is 113 Å². The second kappa shape index (κ2) is 22.6. The first-order valence-electron chi connectivity index (χ1n) is 22.2. The zero-order valence-electron chi connectivity index (χ0n) is 38.1. The summed E-state index contributed by atoms with van der Waals surface area (Å²) >= 11 is 0. The highest BCUT2D eigenvalue weighted by Gasteiger charge is 2.44. The second-order valence-corrected chi connectivity index (χ2v) is 18.7. The quantitative estimate of drug-likeness (QED) is 0.0412. The minimum absolute atomic E-state index is 0.127. The number of hydrogen-bond donors (Lipinski definition) is 1. The smallest absolute Gasteiger partial charge is 0.351 e. The molecule has 1 aliphatic heterocycles. The summed E-state index contributed by atoms with van der Waals surface area (Å²) in [7, 11) is 2.22. The van der Waals surface area contributed by atoms with Gasteiger partial charge in [0, 0.05) is 36.8 Å². The second-order valence-electron chi connectivity index (χ2n) is 16.9. The number of ether oxygens (including phenoxy) is 4. The lowest BCUT2D eigenvalue weighted by Gasteiger charge is -2.40. The molecular formula is C51H65N4O7P. The minimum Gasteiger partial charge on any atom is -0.497 e. The van der Waals surface area contributed by atoms with E-state index in [2.05, 4.69) is 85.1 Å². The molecule has 63 heavy (non-hydrogen) atoms. The van der Waals surface area contributed by atoms with E-state index in [1.54, 1.807) is 40.3 Å². The standard InChI is InChI=1S/C51H65N4O7P/c1-36(2)49(56)52-47-31-32-54(50(57)53-47)48-34-45(62-63(55(37(3)4)38(5)6)33-17-11-14-20-39-18-12-9-13-19-39)46(61-48)35-60-51(40-21-15-10-16-22-40,41-23-27-43(58-7)28-24-41)42-25-29-44(59-8)30-26-42/h9-10,12-13,15-16,18-19,21-32,36-38,45-46,48H,11,14,17,20,33-35H2,1-8H3,(H,52,53,56,57)/t45-,46+,48+,63?/m0/s1. The van der Waals surface area contributed by atoms with E-state index in [0.29, 0.717) is 6.42 Å². The molecule has 1 N–H and O–H groups in total. The molecular weight excluding hydrogens is 812 g/mol. The average molecular weight is 877 g/mol. The van der Waals surface area contributed by atoms with Crippen molar-refractivity contribution in [2.45, 2.75) is 110 Å². The molecule has 0 bridgehead atoms. The summed E-state index contributed by atoms with van der Waals surface area (Å²) in [6, 6.07) is 38.9. The van der Waals surface area contributed by atoms with E-state index in [1.807, 2.05) is 66.7 Å². The molecule has 1 fully saturated rings. The number of nitrogens with zero attached hydrogens (tertiary/aromatic N) is 3. The van der Waals surface area contributed by atoms with Crippen molar-refractivity contribution < 1.29 is 28.3 Å². The SMILES string of the molecule is COc1ccc(C(OC[C@H]2O[C@@H](n3ccc(NC(=O)C(C)C)nc3=O)C[C@@H]2OP(CCCCCc2ccccc2)N(C(C)C)C(C)C)(c2ccccc2)c2ccc(OC)cc2)cc1. The summed E-state index contributed by atoms with van der Waals surface area (Å²) in [6.45, 7) is 12.6. The first kappa shape index (κ1) is 47.6. The van der Waals surface area contributed by atoms with Crippen molar-refractivity contribution >= 4 is 20.0 Å². The maximum atomic E-state index is 13.7. The number of carbonyl (C=O) groups excluding carboxylic acids is 1. The van der Waals surface area contributed by atoms with Crippen molar-refractivity contribution in [1.82, 2.24) is 14.2 Å². The Kier molecular flexibility index (Phi) is 17.1. The molecule has 336 valence electrons. The van der Waals surface area contributed by atoms with E-state index in [1.165, 1.54) is 10.1 Å². The number of aromatic nitrogens is 2. The Morgan fingerprint density at radius 2 is 1.37 bits per heavy atom. The Morgan fingerprint density at radius 3 is 1.90 bits per heavy atom. The molecule has 12 heteroatoms. The molecule has 2 heterocycles. The van der Waals surface area contributed by atoms with E-state index in [-0.39, 0.29) is 36.3 Å². The third-order valence-corrected chi connectivity index (χ3v) is 14.1. The van der Waals surface area contributed by atoms with Gasteiger partial charge >= 0.3 is 5.69 Å². The molecule has 11 nitrogen and oxygen atoms in total. The van der Waals surface area contributed by atoms with E-state index in [0.717, 1.165) is 60.0 Å². The Morgan fingerprint density at radius 1 is 0.794 bits per heavy atom. The molecule has 4 atom stereocenters. The van der Waals surface area contributed by atoms with E-state index in [4.69, 9.17) is 23.5 Å². The molecule has 1 amide bonds. The lowest BCUT2D eigenvalue weighted by Crippen LogP contribution is -2.39. The van der Waals surface area contributed by atoms with Crippen molar-refractivity contribution in [2.24, 2.45) is 5.92 Å². The fraction of sp³-hybridized carbons (Fsp3) is 0.431. The van der Waals surface area contributed by atoms with Crippen LogP contribution in [-0.2, 0) is 30.8 Å². The maximum absolute atomic E-state index is 13.7. The number of carbonyl (C=O) groups is 1. The summed E-state index contributed by atoms with van der Waals surface area (Å²) in [5.74, 6) is 1.18. The normalized spacial score (nSPS) is 17.1. The van der Waals surface area contributed by atoms with Gasteiger partial charge in [0.15, 0.2) is 0 Å². The van der Waals surface area contributed by atoms with Gasteiger partial charge in [-0.25, -0.2) is 4.79 Å². The summed E-state index contributed by atoms with van der Waals surface area (Å²) in [5.41, 5.74) is 2.46.